The molecule has 9 heteroatoms. The molecule has 4 rings (SSSR count). The Morgan fingerprint density at radius 3 is 2.62 bits per heavy atom. The van der Waals surface area contributed by atoms with Crippen LogP contribution in [-0.2, 0) is 11.2 Å². The number of aryl methyl sites for hydroxylation is 1. The van der Waals surface area contributed by atoms with Crippen LogP contribution in [0.15, 0.2) is 47.5 Å². The van der Waals surface area contributed by atoms with E-state index in [2.05, 4.69) is 10.3 Å². The van der Waals surface area contributed by atoms with Crippen molar-refractivity contribution in [2.75, 3.05) is 11.4 Å². The van der Waals surface area contributed by atoms with Gasteiger partial charge in [0.15, 0.2) is 12.4 Å². The number of nitrogens with one attached hydrogen (secondary N) is 1. The minimum absolute atomic E-state index is 0.0366. The van der Waals surface area contributed by atoms with E-state index in [-0.39, 0.29) is 18.0 Å². The van der Waals surface area contributed by atoms with E-state index in [0.717, 1.165) is 23.3 Å². The molecular formula is C23H23ClF3N3O2. The normalized spacial score (nSPS) is 20.9. The summed E-state index contributed by atoms with van der Waals surface area (Å²) in [5.74, 6) is -0.364. The van der Waals surface area contributed by atoms with Gasteiger partial charge in [-0.25, -0.2) is 0 Å². The fourth-order valence-corrected chi connectivity index (χ4v) is 4.33. The molecule has 170 valence electrons. The molecular weight excluding hydrogens is 443 g/mol. The van der Waals surface area contributed by atoms with Crippen molar-refractivity contribution in [3.63, 3.8) is 0 Å². The molecule has 0 aromatic heterocycles. The highest BCUT2D eigenvalue weighted by Crippen LogP contribution is 2.39. The van der Waals surface area contributed by atoms with Gasteiger partial charge in [-0.3, -0.25) is 9.79 Å². The Bertz CT molecular complexity index is 1030. The molecule has 32 heavy (non-hydrogen) atoms. The van der Waals surface area contributed by atoms with Crippen LogP contribution in [-0.4, -0.2) is 41.8 Å². The fraction of sp³-hybridized carbons (Fsp3) is 0.391. The number of nitrogens with zero attached hydrogens (tertiary/aromatic N) is 2. The molecule has 0 saturated heterocycles. The lowest BCUT2D eigenvalue weighted by Crippen LogP contribution is -2.53. The van der Waals surface area contributed by atoms with Crippen molar-refractivity contribution in [3.8, 4) is 0 Å². The van der Waals surface area contributed by atoms with Gasteiger partial charge in [-0.15, -0.1) is 0 Å². The number of anilines is 1. The Hall–Kier alpha value is -2.58. The molecule has 2 unspecified atom stereocenters. The van der Waals surface area contributed by atoms with Crippen LogP contribution in [0.4, 0.5) is 18.9 Å². The van der Waals surface area contributed by atoms with Crippen LogP contribution in [0.2, 0.25) is 5.02 Å². The quantitative estimate of drug-likeness (QED) is 0.694. The molecule has 2 aliphatic rings. The van der Waals surface area contributed by atoms with Crippen molar-refractivity contribution >= 4 is 28.9 Å². The number of halogens is 4. The number of hydrogen-bond acceptors (Lipinski definition) is 4. The Morgan fingerprint density at radius 2 is 1.97 bits per heavy atom. The van der Waals surface area contributed by atoms with Gasteiger partial charge in [0.2, 0.25) is 5.91 Å². The lowest BCUT2D eigenvalue weighted by Gasteiger charge is -2.33. The fourth-order valence-electron chi connectivity index (χ4n) is 4.02. The second kappa shape index (κ2) is 8.75. The number of alkyl halides is 3. The number of carbonyl (C=O) groups excluding carboxylic acids is 1. The zero-order valence-corrected chi connectivity index (χ0v) is 18.1. The third-order valence-corrected chi connectivity index (χ3v) is 5.68. The molecule has 1 aliphatic carbocycles. The molecule has 2 aromatic rings. The van der Waals surface area contributed by atoms with E-state index in [0.29, 0.717) is 21.9 Å². The summed E-state index contributed by atoms with van der Waals surface area (Å²) in [5, 5.41) is 14.0. The van der Waals surface area contributed by atoms with Gasteiger partial charge in [-0.05, 0) is 49.1 Å². The molecule has 0 radical (unpaired) electrons. The van der Waals surface area contributed by atoms with E-state index >= 15 is 0 Å². The molecule has 1 aliphatic heterocycles. The number of aliphatic hydroxyl groups excluding tert-OH is 1. The number of aliphatic hydroxyl groups is 1. The Morgan fingerprint density at radius 1 is 1.25 bits per heavy atom. The van der Waals surface area contributed by atoms with Crippen molar-refractivity contribution < 1.29 is 23.1 Å². The van der Waals surface area contributed by atoms with Crippen LogP contribution in [0.3, 0.4) is 0 Å². The largest absolute Gasteiger partial charge is 0.406 e. The SMILES string of the molecule is Cc1cc(Cl)cc(CC(=O)NC2N=C(C3CC3)c3ccccc3N(CC(F)(F)F)C2O)c1. The molecule has 0 bridgehead atoms. The van der Waals surface area contributed by atoms with Gasteiger partial charge in [0.05, 0.1) is 6.42 Å². The summed E-state index contributed by atoms with van der Waals surface area (Å²) >= 11 is 6.06. The van der Waals surface area contributed by atoms with Gasteiger partial charge in [0.1, 0.15) is 6.54 Å². The van der Waals surface area contributed by atoms with Gasteiger partial charge in [-0.2, -0.15) is 13.2 Å². The van der Waals surface area contributed by atoms with Crippen molar-refractivity contribution in [1.29, 1.82) is 0 Å². The summed E-state index contributed by atoms with van der Waals surface area (Å²) < 4.78 is 40.1. The average Bonchev–Trinajstić information content (AvgIpc) is 3.52. The van der Waals surface area contributed by atoms with Crippen LogP contribution in [0.25, 0.3) is 0 Å². The Balaban J connectivity index is 1.64. The van der Waals surface area contributed by atoms with Crippen LogP contribution < -0.4 is 10.2 Å². The molecule has 0 spiro atoms. The van der Waals surface area contributed by atoms with E-state index in [1.54, 1.807) is 42.5 Å². The summed E-state index contributed by atoms with van der Waals surface area (Å²) in [4.78, 5) is 18.2. The predicted molar refractivity (Wildman–Crippen MR) is 117 cm³/mol. The summed E-state index contributed by atoms with van der Waals surface area (Å²) in [7, 11) is 0. The number of amides is 1. The number of carbonyl (C=O) groups is 1. The lowest BCUT2D eigenvalue weighted by molar-refractivity contribution is -0.125. The Kier molecular flexibility index (Phi) is 6.18. The van der Waals surface area contributed by atoms with Crippen molar-refractivity contribution in [3.05, 3.63) is 64.2 Å². The molecule has 1 heterocycles. The van der Waals surface area contributed by atoms with Gasteiger partial charge in [0, 0.05) is 27.9 Å². The predicted octanol–water partition coefficient (Wildman–Crippen LogP) is 4.23. The first kappa shape index (κ1) is 22.6. The summed E-state index contributed by atoms with van der Waals surface area (Å²) in [6.07, 6.45) is -5.78. The number of hydrogen-bond donors (Lipinski definition) is 2. The Labute approximate surface area is 188 Å². The summed E-state index contributed by atoms with van der Waals surface area (Å²) in [6.45, 7) is 0.485. The number of para-hydroxylation sites is 1. The molecule has 2 N–H and O–H groups in total. The molecule has 1 fully saturated rings. The van der Waals surface area contributed by atoms with Crippen LogP contribution >= 0.6 is 11.6 Å². The number of aliphatic imine (C=N–C) groups is 1. The zero-order chi connectivity index (χ0) is 23.0. The highest BCUT2D eigenvalue weighted by Gasteiger charge is 2.41. The van der Waals surface area contributed by atoms with E-state index < -0.39 is 31.0 Å². The molecule has 2 atom stereocenters. The monoisotopic (exact) mass is 465 g/mol. The number of rotatable bonds is 5. The first-order valence-electron chi connectivity index (χ1n) is 10.3. The maximum absolute atomic E-state index is 13.4. The third kappa shape index (κ3) is 5.24. The minimum atomic E-state index is -4.55. The van der Waals surface area contributed by atoms with Gasteiger partial charge >= 0.3 is 6.18 Å². The second-order valence-corrected chi connectivity index (χ2v) is 8.72. The van der Waals surface area contributed by atoms with Crippen molar-refractivity contribution in [1.82, 2.24) is 5.32 Å². The maximum atomic E-state index is 13.4. The first-order chi connectivity index (χ1) is 15.1. The average molecular weight is 466 g/mol. The first-order valence-corrected chi connectivity index (χ1v) is 10.7. The van der Waals surface area contributed by atoms with Gasteiger partial charge in [0.25, 0.3) is 0 Å². The van der Waals surface area contributed by atoms with E-state index in [1.165, 1.54) is 0 Å². The zero-order valence-electron chi connectivity index (χ0n) is 17.4. The smallest absolute Gasteiger partial charge is 0.370 e. The third-order valence-electron chi connectivity index (χ3n) is 5.46. The van der Waals surface area contributed by atoms with Crippen LogP contribution in [0.1, 0.15) is 29.5 Å². The number of benzene rings is 2. The van der Waals surface area contributed by atoms with Gasteiger partial charge < -0.3 is 15.3 Å². The molecule has 1 saturated carbocycles. The number of benzodiazepines with no additional fused rings is 1. The highest BCUT2D eigenvalue weighted by molar-refractivity contribution is 6.30. The number of fused-ring (bicyclic) bond motifs is 1. The molecule has 2 aromatic carbocycles. The van der Waals surface area contributed by atoms with E-state index in [9.17, 15) is 23.1 Å². The standard InChI is InChI=1S/C23H23ClF3N3O2/c1-13-8-14(10-16(24)9-13)11-19(31)28-21-22(32)30(12-23(25,26)27)18-5-3-2-4-17(18)20(29-21)15-6-7-15/h2-5,8-10,15,21-22,32H,6-7,11-12H2,1H3,(H,28,31). The molecule has 5 nitrogen and oxygen atoms in total. The van der Waals surface area contributed by atoms with Crippen molar-refractivity contribution in [2.45, 2.75) is 44.8 Å². The van der Waals surface area contributed by atoms with Crippen LogP contribution in [0.5, 0.6) is 0 Å². The minimum Gasteiger partial charge on any atom is -0.370 e. The van der Waals surface area contributed by atoms with Crippen molar-refractivity contribution in [2.24, 2.45) is 10.9 Å². The van der Waals surface area contributed by atoms with Gasteiger partial charge in [-0.1, -0.05) is 35.9 Å². The lowest BCUT2D eigenvalue weighted by atomic mass is 10.0. The highest BCUT2D eigenvalue weighted by atomic mass is 35.5. The molecule has 1 amide bonds. The second-order valence-electron chi connectivity index (χ2n) is 8.29. The topological polar surface area (TPSA) is 64.9 Å². The van der Waals surface area contributed by atoms with E-state index in [1.807, 2.05) is 6.92 Å². The summed E-state index contributed by atoms with van der Waals surface area (Å²) in [6, 6.07) is 11.8. The summed E-state index contributed by atoms with van der Waals surface area (Å²) in [5.41, 5.74) is 2.98. The van der Waals surface area contributed by atoms with E-state index in [4.69, 9.17) is 11.6 Å². The maximum Gasteiger partial charge on any atom is 0.406 e. The van der Waals surface area contributed by atoms with Crippen LogP contribution in [0, 0.1) is 12.8 Å².